The number of amides is 1. The van der Waals surface area contributed by atoms with Gasteiger partial charge in [0, 0.05) is 0 Å². The number of carbonyl (C=O) groups excluding carboxylic acids is 1. The first-order chi connectivity index (χ1) is 7.25. The Hall–Kier alpha value is -1.71. The van der Waals surface area contributed by atoms with Gasteiger partial charge in [0.2, 0.25) is 0 Å². The zero-order valence-electron chi connectivity index (χ0n) is 8.14. The summed E-state index contributed by atoms with van der Waals surface area (Å²) >= 11 is 0. The fourth-order valence-electron chi connectivity index (χ4n) is 2.30. The molecule has 0 aromatic heterocycles. The lowest BCUT2D eigenvalue weighted by Crippen LogP contribution is -2.37. The van der Waals surface area contributed by atoms with Crippen molar-refractivity contribution in [3.05, 3.63) is 23.8 Å². The van der Waals surface area contributed by atoms with E-state index in [1.807, 2.05) is 0 Å². The second-order valence-electron chi connectivity index (χ2n) is 3.95. The van der Waals surface area contributed by atoms with Gasteiger partial charge in [-0.2, -0.15) is 0 Å². The van der Waals surface area contributed by atoms with E-state index >= 15 is 0 Å². The molecular formula is C11H11NO3. The van der Waals surface area contributed by atoms with E-state index in [0.29, 0.717) is 6.61 Å². The van der Waals surface area contributed by atoms with E-state index in [2.05, 4.69) is 0 Å². The average Bonchev–Trinajstić information content (AvgIpc) is 2.60. The third kappa shape index (κ3) is 1.17. The van der Waals surface area contributed by atoms with Crippen LogP contribution in [0, 0.1) is 0 Å². The maximum absolute atomic E-state index is 11.5. The molecule has 0 spiro atoms. The van der Waals surface area contributed by atoms with Crippen LogP contribution in [0.3, 0.4) is 0 Å². The van der Waals surface area contributed by atoms with Crippen molar-refractivity contribution >= 4 is 11.8 Å². The average molecular weight is 205 g/mol. The normalized spacial score (nSPS) is 23.3. The van der Waals surface area contributed by atoms with Gasteiger partial charge in [-0.1, -0.05) is 0 Å². The number of anilines is 1. The van der Waals surface area contributed by atoms with Gasteiger partial charge < -0.3 is 9.84 Å². The summed E-state index contributed by atoms with van der Waals surface area (Å²) in [5, 5.41) is 9.36. The molecule has 1 amide bonds. The van der Waals surface area contributed by atoms with Crippen molar-refractivity contribution in [3.63, 3.8) is 0 Å². The van der Waals surface area contributed by atoms with Gasteiger partial charge in [-0.05, 0) is 36.6 Å². The van der Waals surface area contributed by atoms with E-state index in [4.69, 9.17) is 4.74 Å². The number of carbonyl (C=O) groups is 1. The van der Waals surface area contributed by atoms with E-state index in [9.17, 15) is 9.90 Å². The smallest absolute Gasteiger partial charge is 0.414 e. The number of aryl methyl sites for hydroxylation is 1. The van der Waals surface area contributed by atoms with Gasteiger partial charge in [0.1, 0.15) is 12.4 Å². The summed E-state index contributed by atoms with van der Waals surface area (Å²) in [6.07, 6.45) is 1.52. The van der Waals surface area contributed by atoms with Gasteiger partial charge in [-0.25, -0.2) is 4.79 Å². The highest BCUT2D eigenvalue weighted by atomic mass is 16.6. The van der Waals surface area contributed by atoms with Crippen molar-refractivity contribution in [2.75, 3.05) is 11.5 Å². The van der Waals surface area contributed by atoms with Gasteiger partial charge in [-0.15, -0.1) is 0 Å². The summed E-state index contributed by atoms with van der Waals surface area (Å²) in [7, 11) is 0. The summed E-state index contributed by atoms with van der Waals surface area (Å²) in [4.78, 5) is 13.2. The minimum atomic E-state index is -0.272. The van der Waals surface area contributed by atoms with Crippen molar-refractivity contribution in [3.8, 4) is 5.75 Å². The number of phenolic OH excluding ortho intramolecular Hbond substituents is 1. The first-order valence-electron chi connectivity index (χ1n) is 5.03. The number of benzene rings is 1. The standard InChI is InChI=1S/C11H11NO3/c13-9-3-4-10-7(5-9)1-2-8-6-15-11(14)12(8)10/h3-5,8,13H,1-2,6H2. The molecule has 0 radical (unpaired) electrons. The Kier molecular flexibility index (Phi) is 1.65. The summed E-state index contributed by atoms with van der Waals surface area (Å²) < 4.78 is 5.01. The topological polar surface area (TPSA) is 49.8 Å². The molecular weight excluding hydrogens is 194 g/mol. The number of rotatable bonds is 0. The van der Waals surface area contributed by atoms with Crippen LogP contribution < -0.4 is 4.90 Å². The summed E-state index contributed by atoms with van der Waals surface area (Å²) in [6.45, 7) is 0.485. The lowest BCUT2D eigenvalue weighted by atomic mass is 9.97. The molecule has 4 heteroatoms. The molecule has 1 N–H and O–H groups in total. The molecule has 4 nitrogen and oxygen atoms in total. The number of aromatic hydroxyl groups is 1. The summed E-state index contributed by atoms with van der Waals surface area (Å²) in [5.74, 6) is 0.250. The van der Waals surface area contributed by atoms with Crippen LogP contribution >= 0.6 is 0 Å². The molecule has 2 aliphatic rings. The fourth-order valence-corrected chi connectivity index (χ4v) is 2.30. The van der Waals surface area contributed by atoms with Crippen molar-refractivity contribution in [2.45, 2.75) is 18.9 Å². The molecule has 3 rings (SSSR count). The first-order valence-corrected chi connectivity index (χ1v) is 5.03. The number of ether oxygens (including phenoxy) is 1. The van der Waals surface area contributed by atoms with Crippen LogP contribution in [0.5, 0.6) is 5.75 Å². The zero-order chi connectivity index (χ0) is 10.4. The molecule has 1 aromatic carbocycles. The SMILES string of the molecule is O=C1OCC2CCc3cc(O)ccc3N12. The summed E-state index contributed by atoms with van der Waals surface area (Å²) in [6, 6.07) is 5.28. The predicted octanol–water partition coefficient (Wildman–Crippen LogP) is 1.66. The van der Waals surface area contributed by atoms with Crippen LogP contribution in [0.1, 0.15) is 12.0 Å². The third-order valence-electron chi connectivity index (χ3n) is 3.03. The van der Waals surface area contributed by atoms with E-state index < -0.39 is 0 Å². The molecule has 1 fully saturated rings. The van der Waals surface area contributed by atoms with Crippen LogP contribution in [0.25, 0.3) is 0 Å². The van der Waals surface area contributed by atoms with Crippen molar-refractivity contribution in [1.82, 2.24) is 0 Å². The van der Waals surface area contributed by atoms with E-state index in [1.165, 1.54) is 0 Å². The Balaban J connectivity index is 2.10. The number of phenols is 1. The molecule has 78 valence electrons. The molecule has 0 saturated carbocycles. The highest BCUT2D eigenvalue weighted by Crippen LogP contribution is 2.35. The fraction of sp³-hybridized carbons (Fsp3) is 0.364. The Morgan fingerprint density at radius 2 is 2.33 bits per heavy atom. The van der Waals surface area contributed by atoms with Crippen molar-refractivity contribution < 1.29 is 14.6 Å². The van der Waals surface area contributed by atoms with Gasteiger partial charge in [0.25, 0.3) is 0 Å². The number of hydrogen-bond donors (Lipinski definition) is 1. The Bertz CT molecular complexity index is 430. The quantitative estimate of drug-likeness (QED) is 0.700. The van der Waals surface area contributed by atoms with Gasteiger partial charge in [0.15, 0.2) is 0 Å². The Morgan fingerprint density at radius 3 is 3.20 bits per heavy atom. The molecule has 15 heavy (non-hydrogen) atoms. The van der Waals surface area contributed by atoms with Gasteiger partial charge in [0.05, 0.1) is 11.7 Å². The number of cyclic esters (lactones) is 1. The highest BCUT2D eigenvalue weighted by molar-refractivity contribution is 5.92. The molecule has 0 aliphatic carbocycles. The maximum Gasteiger partial charge on any atom is 0.414 e. The number of nitrogens with zero attached hydrogens (tertiary/aromatic N) is 1. The molecule has 0 bridgehead atoms. The van der Waals surface area contributed by atoms with Gasteiger partial charge >= 0.3 is 6.09 Å². The zero-order valence-corrected chi connectivity index (χ0v) is 8.14. The third-order valence-corrected chi connectivity index (χ3v) is 3.03. The second-order valence-corrected chi connectivity index (χ2v) is 3.95. The van der Waals surface area contributed by atoms with Gasteiger partial charge in [-0.3, -0.25) is 4.90 Å². The maximum atomic E-state index is 11.5. The lowest BCUT2D eigenvalue weighted by Gasteiger charge is -2.28. The van der Waals surface area contributed by atoms with Crippen LogP contribution in [0.4, 0.5) is 10.5 Å². The molecule has 1 saturated heterocycles. The van der Waals surface area contributed by atoms with Crippen LogP contribution in [-0.4, -0.2) is 23.8 Å². The van der Waals surface area contributed by atoms with Crippen molar-refractivity contribution in [1.29, 1.82) is 0 Å². The van der Waals surface area contributed by atoms with E-state index in [1.54, 1.807) is 23.1 Å². The molecule has 2 heterocycles. The molecule has 1 atom stereocenters. The lowest BCUT2D eigenvalue weighted by molar-refractivity contribution is 0.178. The first kappa shape index (κ1) is 8.59. The molecule has 1 aromatic rings. The molecule has 1 unspecified atom stereocenters. The minimum absolute atomic E-state index is 0.176. The number of fused-ring (bicyclic) bond motifs is 3. The predicted molar refractivity (Wildman–Crippen MR) is 54.0 cm³/mol. The van der Waals surface area contributed by atoms with E-state index in [-0.39, 0.29) is 17.9 Å². The van der Waals surface area contributed by atoms with Crippen LogP contribution in [0.15, 0.2) is 18.2 Å². The summed E-state index contributed by atoms with van der Waals surface area (Å²) in [5.41, 5.74) is 1.90. The van der Waals surface area contributed by atoms with Crippen molar-refractivity contribution in [2.24, 2.45) is 0 Å². The second kappa shape index (κ2) is 2.89. The Morgan fingerprint density at radius 1 is 1.47 bits per heavy atom. The number of hydrogen-bond acceptors (Lipinski definition) is 3. The largest absolute Gasteiger partial charge is 0.508 e. The van der Waals surface area contributed by atoms with E-state index in [0.717, 1.165) is 24.1 Å². The minimum Gasteiger partial charge on any atom is -0.508 e. The Labute approximate surface area is 87.1 Å². The molecule has 2 aliphatic heterocycles. The van der Waals surface area contributed by atoms with Crippen LogP contribution in [-0.2, 0) is 11.2 Å². The monoisotopic (exact) mass is 205 g/mol. The van der Waals surface area contributed by atoms with Crippen LogP contribution in [0.2, 0.25) is 0 Å². The highest BCUT2D eigenvalue weighted by Gasteiger charge is 2.37.